The van der Waals surface area contributed by atoms with Gasteiger partial charge < -0.3 is 10.6 Å². The van der Waals surface area contributed by atoms with Gasteiger partial charge in [0.05, 0.1) is 5.56 Å². The van der Waals surface area contributed by atoms with E-state index in [-0.39, 0.29) is 11.5 Å². The Hall–Kier alpha value is -2.50. The molecule has 1 heterocycles. The fourth-order valence-electron chi connectivity index (χ4n) is 2.56. The highest BCUT2D eigenvalue weighted by molar-refractivity contribution is 6.07. The minimum absolute atomic E-state index is 0.225. The Bertz CT molecular complexity index is 723. The van der Waals surface area contributed by atoms with Gasteiger partial charge in [0.1, 0.15) is 0 Å². The van der Waals surface area contributed by atoms with E-state index < -0.39 is 11.7 Å². The van der Waals surface area contributed by atoms with Gasteiger partial charge in [-0.2, -0.15) is 13.2 Å². The number of fused-ring (bicyclic) bond motifs is 1. The number of nitrogen functional groups attached to an aromatic ring is 1. The molecule has 3 nitrogen and oxygen atoms in total. The van der Waals surface area contributed by atoms with Gasteiger partial charge in [-0.05, 0) is 48.4 Å². The third-order valence-corrected chi connectivity index (χ3v) is 3.71. The van der Waals surface area contributed by atoms with Crippen molar-refractivity contribution in [1.82, 2.24) is 0 Å². The Morgan fingerprint density at radius 2 is 1.77 bits per heavy atom. The fourth-order valence-corrected chi connectivity index (χ4v) is 2.56. The smallest absolute Gasteiger partial charge is 0.399 e. The highest BCUT2D eigenvalue weighted by Crippen LogP contribution is 2.32. The van der Waals surface area contributed by atoms with Crippen LogP contribution in [0.2, 0.25) is 0 Å². The predicted octanol–water partition coefficient (Wildman–Crippen LogP) is 3.49. The minimum atomic E-state index is -4.41. The number of rotatable bonds is 1. The van der Waals surface area contributed by atoms with E-state index in [0.29, 0.717) is 18.7 Å². The topological polar surface area (TPSA) is 46.3 Å². The molecule has 2 N–H and O–H groups in total. The van der Waals surface area contributed by atoms with E-state index in [1.54, 1.807) is 17.0 Å². The molecule has 0 aromatic heterocycles. The van der Waals surface area contributed by atoms with E-state index in [2.05, 4.69) is 0 Å². The SMILES string of the molecule is Nc1ccc2c(c1)N(C(=O)c1ccc(C(F)(F)F)cc1)CC2. The van der Waals surface area contributed by atoms with Crippen LogP contribution in [0.1, 0.15) is 21.5 Å². The van der Waals surface area contributed by atoms with Gasteiger partial charge >= 0.3 is 6.18 Å². The van der Waals surface area contributed by atoms with Crippen molar-refractivity contribution in [3.8, 4) is 0 Å². The van der Waals surface area contributed by atoms with Crippen molar-refractivity contribution in [2.75, 3.05) is 17.2 Å². The Balaban J connectivity index is 1.89. The maximum Gasteiger partial charge on any atom is 0.416 e. The van der Waals surface area contributed by atoms with Gasteiger partial charge in [0.25, 0.3) is 5.91 Å². The molecule has 0 aliphatic carbocycles. The summed E-state index contributed by atoms with van der Waals surface area (Å²) in [5, 5.41) is 0. The molecule has 0 fully saturated rings. The van der Waals surface area contributed by atoms with Gasteiger partial charge in [0.15, 0.2) is 0 Å². The summed E-state index contributed by atoms with van der Waals surface area (Å²) >= 11 is 0. The molecule has 0 saturated heterocycles. The molecule has 0 atom stereocenters. The van der Waals surface area contributed by atoms with Gasteiger partial charge in [-0.3, -0.25) is 4.79 Å². The lowest BCUT2D eigenvalue weighted by Crippen LogP contribution is -2.29. The molecule has 1 aliphatic rings. The Labute approximate surface area is 125 Å². The molecule has 0 spiro atoms. The lowest BCUT2D eigenvalue weighted by atomic mass is 10.1. The number of carbonyl (C=O) groups is 1. The highest BCUT2D eigenvalue weighted by atomic mass is 19.4. The number of anilines is 2. The second-order valence-corrected chi connectivity index (χ2v) is 5.17. The molecule has 0 radical (unpaired) electrons. The standard InChI is InChI=1S/C16H13F3N2O/c17-16(18,19)12-4-1-11(2-5-12)15(22)21-8-7-10-3-6-13(20)9-14(10)21/h1-6,9H,7-8,20H2. The minimum Gasteiger partial charge on any atom is -0.399 e. The van der Waals surface area contributed by atoms with E-state index in [0.717, 1.165) is 23.4 Å². The van der Waals surface area contributed by atoms with E-state index in [9.17, 15) is 18.0 Å². The number of nitrogens with zero attached hydrogens (tertiary/aromatic N) is 1. The number of hydrogen-bond acceptors (Lipinski definition) is 2. The first kappa shape index (κ1) is 14.4. The first-order valence-electron chi connectivity index (χ1n) is 6.74. The van der Waals surface area contributed by atoms with E-state index in [1.807, 2.05) is 6.07 Å². The van der Waals surface area contributed by atoms with Crippen molar-refractivity contribution in [3.63, 3.8) is 0 Å². The second-order valence-electron chi connectivity index (χ2n) is 5.17. The van der Waals surface area contributed by atoms with Gasteiger partial charge in [-0.1, -0.05) is 6.07 Å². The number of amides is 1. The third kappa shape index (κ3) is 2.52. The summed E-state index contributed by atoms with van der Waals surface area (Å²) in [5.41, 5.74) is 7.48. The van der Waals surface area contributed by atoms with Crippen LogP contribution in [0.15, 0.2) is 42.5 Å². The summed E-state index contributed by atoms with van der Waals surface area (Å²) in [6, 6.07) is 9.60. The summed E-state index contributed by atoms with van der Waals surface area (Å²) in [6.45, 7) is 0.499. The van der Waals surface area contributed by atoms with Gasteiger partial charge in [-0.15, -0.1) is 0 Å². The van der Waals surface area contributed by atoms with Gasteiger partial charge in [-0.25, -0.2) is 0 Å². The number of benzene rings is 2. The van der Waals surface area contributed by atoms with Crippen molar-refractivity contribution >= 4 is 17.3 Å². The van der Waals surface area contributed by atoms with Crippen LogP contribution in [0.4, 0.5) is 24.5 Å². The van der Waals surface area contributed by atoms with Crippen molar-refractivity contribution < 1.29 is 18.0 Å². The molecule has 0 bridgehead atoms. The van der Waals surface area contributed by atoms with Crippen LogP contribution in [-0.4, -0.2) is 12.5 Å². The van der Waals surface area contributed by atoms with Crippen LogP contribution in [-0.2, 0) is 12.6 Å². The quantitative estimate of drug-likeness (QED) is 0.820. The molecule has 1 amide bonds. The summed E-state index contributed by atoms with van der Waals surface area (Å²) < 4.78 is 37.7. The number of nitrogens with two attached hydrogens (primary N) is 1. The molecule has 1 aliphatic heterocycles. The first-order valence-corrected chi connectivity index (χ1v) is 6.74. The molecule has 114 valence electrons. The van der Waals surface area contributed by atoms with Crippen molar-refractivity contribution in [1.29, 1.82) is 0 Å². The summed E-state index contributed by atoms with van der Waals surface area (Å²) in [7, 11) is 0. The van der Waals surface area contributed by atoms with Crippen LogP contribution >= 0.6 is 0 Å². The molecule has 0 unspecified atom stereocenters. The average molecular weight is 306 g/mol. The maximum atomic E-state index is 12.6. The van der Waals surface area contributed by atoms with E-state index >= 15 is 0 Å². The van der Waals surface area contributed by atoms with Crippen molar-refractivity contribution in [3.05, 3.63) is 59.2 Å². The van der Waals surface area contributed by atoms with Gasteiger partial charge in [0.2, 0.25) is 0 Å². The maximum absolute atomic E-state index is 12.6. The molecule has 0 saturated carbocycles. The lowest BCUT2D eigenvalue weighted by Gasteiger charge is -2.18. The number of carbonyl (C=O) groups excluding carboxylic acids is 1. The van der Waals surface area contributed by atoms with Gasteiger partial charge in [0, 0.05) is 23.5 Å². The zero-order chi connectivity index (χ0) is 15.9. The molecule has 2 aromatic rings. The second kappa shape index (κ2) is 5.05. The zero-order valence-electron chi connectivity index (χ0n) is 11.5. The Morgan fingerprint density at radius 1 is 1.09 bits per heavy atom. The highest BCUT2D eigenvalue weighted by Gasteiger charge is 2.31. The fraction of sp³-hybridized carbons (Fsp3) is 0.188. The average Bonchev–Trinajstić information content (AvgIpc) is 2.88. The number of hydrogen-bond donors (Lipinski definition) is 1. The van der Waals surface area contributed by atoms with Crippen molar-refractivity contribution in [2.45, 2.75) is 12.6 Å². The lowest BCUT2D eigenvalue weighted by molar-refractivity contribution is -0.137. The zero-order valence-corrected chi connectivity index (χ0v) is 11.5. The van der Waals surface area contributed by atoms with E-state index in [1.165, 1.54) is 12.1 Å². The van der Waals surface area contributed by atoms with Crippen LogP contribution in [0, 0.1) is 0 Å². The predicted molar refractivity (Wildman–Crippen MR) is 77.7 cm³/mol. The van der Waals surface area contributed by atoms with Crippen LogP contribution in [0.25, 0.3) is 0 Å². The normalized spacial score (nSPS) is 14.0. The largest absolute Gasteiger partial charge is 0.416 e. The first-order chi connectivity index (χ1) is 10.4. The summed E-state index contributed by atoms with van der Waals surface area (Å²) in [6.07, 6.45) is -3.70. The number of alkyl halides is 3. The molecule has 6 heteroatoms. The van der Waals surface area contributed by atoms with Crippen LogP contribution in [0.3, 0.4) is 0 Å². The van der Waals surface area contributed by atoms with Crippen molar-refractivity contribution in [2.24, 2.45) is 0 Å². The summed E-state index contributed by atoms with van der Waals surface area (Å²) in [5.74, 6) is -0.321. The Morgan fingerprint density at radius 3 is 2.41 bits per heavy atom. The number of halogens is 3. The summed E-state index contributed by atoms with van der Waals surface area (Å²) in [4.78, 5) is 14.0. The molecular formula is C16H13F3N2O. The van der Waals surface area contributed by atoms with Crippen LogP contribution < -0.4 is 10.6 Å². The molecule has 3 rings (SSSR count). The monoisotopic (exact) mass is 306 g/mol. The van der Waals surface area contributed by atoms with Crippen LogP contribution in [0.5, 0.6) is 0 Å². The molecular weight excluding hydrogens is 293 g/mol. The van der Waals surface area contributed by atoms with E-state index in [4.69, 9.17) is 5.73 Å². The third-order valence-electron chi connectivity index (χ3n) is 3.71. The Kier molecular flexibility index (Phi) is 3.31. The molecule has 22 heavy (non-hydrogen) atoms. The molecule has 2 aromatic carbocycles.